The lowest BCUT2D eigenvalue weighted by Crippen LogP contribution is -2.43. The van der Waals surface area contributed by atoms with E-state index in [4.69, 9.17) is 5.73 Å². The third-order valence-corrected chi connectivity index (χ3v) is 3.25. The summed E-state index contributed by atoms with van der Waals surface area (Å²) in [6.45, 7) is 0.869. The van der Waals surface area contributed by atoms with Crippen LogP contribution in [0.5, 0.6) is 0 Å². The average Bonchev–Trinajstić information content (AvgIpc) is 3.17. The lowest BCUT2D eigenvalue weighted by molar-refractivity contribution is -0.123. The third kappa shape index (κ3) is 4.99. The molecule has 0 aromatic heterocycles. The maximum absolute atomic E-state index is 12.9. The predicted octanol–water partition coefficient (Wildman–Crippen LogP) is 0.975. The fraction of sp³-hybridized carbons (Fsp3) is 0.429. The molecule has 0 heterocycles. The quantitative estimate of drug-likeness (QED) is 0.684. The van der Waals surface area contributed by atoms with Crippen LogP contribution in [-0.2, 0) is 4.79 Å². The van der Waals surface area contributed by atoms with Gasteiger partial charge >= 0.3 is 0 Å². The van der Waals surface area contributed by atoms with E-state index >= 15 is 0 Å². The topological polar surface area (TPSA) is 84.2 Å². The number of hydrogen-bond donors (Lipinski definition) is 3. The molecular weight excluding hydrogens is 297 g/mol. The molecule has 2 rings (SSSR count). The Hall–Kier alpha value is -1.66. The van der Waals surface area contributed by atoms with Crippen LogP contribution in [0.3, 0.4) is 0 Å². The van der Waals surface area contributed by atoms with Gasteiger partial charge in [-0.15, -0.1) is 12.4 Å². The van der Waals surface area contributed by atoms with E-state index < -0.39 is 11.4 Å². The number of rotatable bonds is 6. The number of nitrogens with two attached hydrogens (primary N) is 1. The molecule has 0 atom stereocenters. The van der Waals surface area contributed by atoms with Gasteiger partial charge < -0.3 is 16.4 Å². The minimum atomic E-state index is -0.662. The van der Waals surface area contributed by atoms with Crippen molar-refractivity contribution in [3.05, 3.63) is 35.6 Å². The van der Waals surface area contributed by atoms with Gasteiger partial charge in [0, 0.05) is 18.7 Å². The lowest BCUT2D eigenvalue weighted by atomic mass is 10.2. The maximum Gasteiger partial charge on any atom is 0.251 e. The van der Waals surface area contributed by atoms with E-state index in [2.05, 4.69) is 10.6 Å². The number of carbonyl (C=O) groups is 2. The van der Waals surface area contributed by atoms with Gasteiger partial charge in [-0.05, 0) is 37.5 Å². The van der Waals surface area contributed by atoms with Crippen LogP contribution < -0.4 is 16.4 Å². The van der Waals surface area contributed by atoms with Gasteiger partial charge in [0.05, 0.1) is 5.54 Å². The Balaban J connectivity index is 0.00000220. The zero-order chi connectivity index (χ0) is 14.6. The van der Waals surface area contributed by atoms with E-state index in [1.165, 1.54) is 18.2 Å². The van der Waals surface area contributed by atoms with E-state index in [9.17, 15) is 14.0 Å². The minimum Gasteiger partial charge on any atom is -0.354 e. The molecule has 0 spiro atoms. The molecule has 1 aromatic carbocycles. The zero-order valence-corrected chi connectivity index (χ0v) is 12.3. The fourth-order valence-electron chi connectivity index (χ4n) is 1.76. The smallest absolute Gasteiger partial charge is 0.251 e. The Bertz CT molecular complexity index is 521. The van der Waals surface area contributed by atoms with Crippen molar-refractivity contribution in [3.63, 3.8) is 0 Å². The first-order valence-corrected chi connectivity index (χ1v) is 6.62. The Morgan fingerprint density at radius 3 is 2.52 bits per heavy atom. The van der Waals surface area contributed by atoms with Gasteiger partial charge in [-0.25, -0.2) is 4.39 Å². The van der Waals surface area contributed by atoms with Gasteiger partial charge in [-0.1, -0.05) is 6.07 Å². The van der Waals surface area contributed by atoms with Crippen LogP contribution in [0.15, 0.2) is 24.3 Å². The minimum absolute atomic E-state index is 0. The van der Waals surface area contributed by atoms with Crippen LogP contribution in [0.4, 0.5) is 4.39 Å². The molecule has 0 radical (unpaired) electrons. The third-order valence-electron chi connectivity index (χ3n) is 3.25. The van der Waals surface area contributed by atoms with Crippen molar-refractivity contribution in [3.8, 4) is 0 Å². The first-order valence-electron chi connectivity index (χ1n) is 6.62. The first kappa shape index (κ1) is 17.4. The van der Waals surface area contributed by atoms with Gasteiger partial charge in [-0.2, -0.15) is 0 Å². The van der Waals surface area contributed by atoms with Crippen LogP contribution in [0.2, 0.25) is 0 Å². The fourth-order valence-corrected chi connectivity index (χ4v) is 1.76. The Labute approximate surface area is 128 Å². The number of nitrogens with one attached hydrogen (secondary N) is 2. The van der Waals surface area contributed by atoms with E-state index in [-0.39, 0.29) is 29.8 Å². The highest BCUT2D eigenvalue weighted by molar-refractivity contribution is 5.94. The van der Waals surface area contributed by atoms with Crippen molar-refractivity contribution >= 4 is 24.2 Å². The van der Waals surface area contributed by atoms with E-state index in [0.717, 1.165) is 12.8 Å². The standard InChI is InChI=1S/C14H18FN3O2.ClH/c15-11-4-1-3-10(9-11)12(19)17-7-2-8-18-13(20)14(16)5-6-14;/h1,3-4,9H,2,5-8,16H2,(H,17,19)(H,18,20);1H. The highest BCUT2D eigenvalue weighted by Crippen LogP contribution is 2.31. The Morgan fingerprint density at radius 1 is 1.24 bits per heavy atom. The molecular formula is C14H19ClFN3O2. The molecule has 1 saturated carbocycles. The van der Waals surface area contributed by atoms with Crippen LogP contribution in [-0.4, -0.2) is 30.4 Å². The molecule has 7 heteroatoms. The van der Waals surface area contributed by atoms with Crippen LogP contribution in [0.1, 0.15) is 29.6 Å². The summed E-state index contributed by atoms with van der Waals surface area (Å²) in [4.78, 5) is 23.2. The Kier molecular flexibility index (Phi) is 6.11. The van der Waals surface area contributed by atoms with Crippen LogP contribution in [0, 0.1) is 5.82 Å². The Morgan fingerprint density at radius 2 is 1.90 bits per heavy atom. The molecule has 0 bridgehead atoms. The second kappa shape index (κ2) is 7.38. The largest absolute Gasteiger partial charge is 0.354 e. The molecule has 1 aromatic rings. The van der Waals surface area contributed by atoms with Crippen LogP contribution >= 0.6 is 12.4 Å². The van der Waals surface area contributed by atoms with Crippen molar-refractivity contribution in [1.82, 2.24) is 10.6 Å². The van der Waals surface area contributed by atoms with E-state index in [0.29, 0.717) is 19.5 Å². The monoisotopic (exact) mass is 315 g/mol. The normalized spacial score (nSPS) is 14.8. The predicted molar refractivity (Wildman–Crippen MR) is 79.8 cm³/mol. The molecule has 1 fully saturated rings. The van der Waals surface area contributed by atoms with Crippen molar-refractivity contribution in [2.45, 2.75) is 24.8 Å². The molecule has 21 heavy (non-hydrogen) atoms. The van der Waals surface area contributed by atoms with Gasteiger partial charge in [0.15, 0.2) is 0 Å². The number of carbonyl (C=O) groups excluding carboxylic acids is 2. The molecule has 5 nitrogen and oxygen atoms in total. The molecule has 4 N–H and O–H groups in total. The number of benzene rings is 1. The summed E-state index contributed by atoms with van der Waals surface area (Å²) >= 11 is 0. The number of amides is 2. The number of hydrogen-bond acceptors (Lipinski definition) is 3. The molecule has 2 amide bonds. The summed E-state index contributed by atoms with van der Waals surface area (Å²) in [5.41, 5.74) is 5.35. The highest BCUT2D eigenvalue weighted by Gasteiger charge is 2.45. The van der Waals surface area contributed by atoms with Crippen molar-refractivity contribution in [2.75, 3.05) is 13.1 Å². The summed E-state index contributed by atoms with van der Waals surface area (Å²) < 4.78 is 12.9. The van der Waals surface area contributed by atoms with Crippen LogP contribution in [0.25, 0.3) is 0 Å². The molecule has 116 valence electrons. The van der Waals surface area contributed by atoms with Crippen molar-refractivity contribution in [2.24, 2.45) is 5.73 Å². The SMILES string of the molecule is Cl.NC1(C(=O)NCCCNC(=O)c2cccc(F)c2)CC1. The summed E-state index contributed by atoms with van der Waals surface area (Å²) in [6.07, 6.45) is 2.06. The first-order chi connectivity index (χ1) is 9.51. The van der Waals surface area contributed by atoms with E-state index in [1.54, 1.807) is 6.07 Å². The van der Waals surface area contributed by atoms with Gasteiger partial charge in [0.25, 0.3) is 5.91 Å². The van der Waals surface area contributed by atoms with Crippen molar-refractivity contribution in [1.29, 1.82) is 0 Å². The second-order valence-electron chi connectivity index (χ2n) is 5.03. The summed E-state index contributed by atoms with van der Waals surface area (Å²) in [7, 11) is 0. The summed E-state index contributed by atoms with van der Waals surface area (Å²) in [5, 5.41) is 5.40. The van der Waals surface area contributed by atoms with Gasteiger partial charge in [-0.3, -0.25) is 9.59 Å². The average molecular weight is 316 g/mol. The van der Waals surface area contributed by atoms with E-state index in [1.807, 2.05) is 0 Å². The molecule has 0 saturated heterocycles. The zero-order valence-electron chi connectivity index (χ0n) is 11.5. The highest BCUT2D eigenvalue weighted by atomic mass is 35.5. The second-order valence-corrected chi connectivity index (χ2v) is 5.03. The number of halogens is 2. The summed E-state index contributed by atoms with van der Waals surface area (Å²) in [6, 6.07) is 5.50. The maximum atomic E-state index is 12.9. The summed E-state index contributed by atoms with van der Waals surface area (Å²) in [5.74, 6) is -0.898. The van der Waals surface area contributed by atoms with Gasteiger partial charge in [0.2, 0.25) is 5.91 Å². The van der Waals surface area contributed by atoms with Crippen molar-refractivity contribution < 1.29 is 14.0 Å². The lowest BCUT2D eigenvalue weighted by Gasteiger charge is -2.10. The molecule has 1 aliphatic rings. The molecule has 0 unspecified atom stereocenters. The molecule has 0 aliphatic heterocycles. The molecule has 1 aliphatic carbocycles. The van der Waals surface area contributed by atoms with Gasteiger partial charge in [0.1, 0.15) is 5.82 Å².